The van der Waals surface area contributed by atoms with Crippen LogP contribution in [0.4, 0.5) is 0 Å². The Kier molecular flexibility index (Phi) is 7.14. The van der Waals surface area contributed by atoms with E-state index in [2.05, 4.69) is 50.7 Å². The van der Waals surface area contributed by atoms with E-state index in [0.717, 1.165) is 37.0 Å². The van der Waals surface area contributed by atoms with Crippen LogP contribution in [0.1, 0.15) is 41.4 Å². The summed E-state index contributed by atoms with van der Waals surface area (Å²) in [5.41, 5.74) is 4.73. The summed E-state index contributed by atoms with van der Waals surface area (Å²) in [6, 6.07) is 8.68. The summed E-state index contributed by atoms with van der Waals surface area (Å²) in [6.07, 6.45) is 2.51. The molecule has 0 amide bonds. The molecule has 1 atom stereocenters. The first-order valence-electron chi connectivity index (χ1n) is 10.3. The van der Waals surface area contributed by atoms with Gasteiger partial charge in [0.2, 0.25) is 0 Å². The summed E-state index contributed by atoms with van der Waals surface area (Å²) in [4.78, 5) is 6.97. The smallest absolute Gasteiger partial charge is 0.191 e. The van der Waals surface area contributed by atoms with E-state index in [-0.39, 0.29) is 6.04 Å². The second-order valence-corrected chi connectivity index (χ2v) is 7.62. The van der Waals surface area contributed by atoms with Crippen molar-refractivity contribution in [1.29, 1.82) is 0 Å². The highest BCUT2D eigenvalue weighted by Gasteiger charge is 2.24. The van der Waals surface area contributed by atoms with E-state index in [4.69, 9.17) is 4.74 Å². The highest BCUT2D eigenvalue weighted by atomic mass is 16.5. The molecule has 1 aliphatic heterocycles. The minimum absolute atomic E-state index is 0.285. The molecule has 29 heavy (non-hydrogen) atoms. The molecule has 1 saturated heterocycles. The third kappa shape index (κ3) is 5.09. The molecule has 7 nitrogen and oxygen atoms in total. The minimum atomic E-state index is 0.285. The van der Waals surface area contributed by atoms with E-state index in [9.17, 15) is 0 Å². The average Bonchev–Trinajstić information content (AvgIpc) is 3.34. The first-order valence-corrected chi connectivity index (χ1v) is 10.3. The first-order chi connectivity index (χ1) is 14.0. The van der Waals surface area contributed by atoms with E-state index >= 15 is 0 Å². The van der Waals surface area contributed by atoms with Crippen molar-refractivity contribution in [2.24, 2.45) is 12.0 Å². The maximum atomic E-state index is 5.44. The number of hydrogen-bond acceptors (Lipinski definition) is 4. The van der Waals surface area contributed by atoms with Crippen molar-refractivity contribution in [3.8, 4) is 5.75 Å². The van der Waals surface area contributed by atoms with Crippen molar-refractivity contribution in [2.45, 2.75) is 39.3 Å². The monoisotopic (exact) mass is 398 g/mol. The van der Waals surface area contributed by atoms with Gasteiger partial charge in [-0.15, -0.1) is 0 Å². The molecule has 2 N–H and O–H groups in total. The molecule has 0 saturated carbocycles. The number of guanidine groups is 1. The molecule has 7 heteroatoms. The van der Waals surface area contributed by atoms with E-state index < -0.39 is 0 Å². The van der Waals surface area contributed by atoms with Gasteiger partial charge in [-0.25, -0.2) is 0 Å². The highest BCUT2D eigenvalue weighted by molar-refractivity contribution is 5.79. The van der Waals surface area contributed by atoms with Crippen LogP contribution in [0.15, 0.2) is 29.3 Å². The van der Waals surface area contributed by atoms with Gasteiger partial charge in [0.05, 0.1) is 18.8 Å². The van der Waals surface area contributed by atoms with Gasteiger partial charge in [0, 0.05) is 38.4 Å². The van der Waals surface area contributed by atoms with Crippen LogP contribution in [0.2, 0.25) is 0 Å². The molecular formula is C22H34N6O. The van der Waals surface area contributed by atoms with E-state index in [1.54, 1.807) is 7.11 Å². The number of aromatic nitrogens is 2. The number of methoxy groups -OCH3 is 1. The van der Waals surface area contributed by atoms with Crippen molar-refractivity contribution in [3.05, 3.63) is 46.8 Å². The van der Waals surface area contributed by atoms with Crippen molar-refractivity contribution < 1.29 is 4.74 Å². The van der Waals surface area contributed by atoms with Crippen LogP contribution in [0, 0.1) is 13.8 Å². The summed E-state index contributed by atoms with van der Waals surface area (Å²) in [5.74, 6) is 1.71. The lowest BCUT2D eigenvalue weighted by atomic mass is 10.1. The van der Waals surface area contributed by atoms with Crippen LogP contribution in [-0.2, 0) is 13.6 Å². The van der Waals surface area contributed by atoms with Gasteiger partial charge in [-0.1, -0.05) is 12.1 Å². The lowest BCUT2D eigenvalue weighted by Gasteiger charge is -2.29. The molecular weight excluding hydrogens is 364 g/mol. The molecule has 3 rings (SSSR count). The van der Waals surface area contributed by atoms with Gasteiger partial charge in [0.1, 0.15) is 5.75 Å². The molecule has 1 aromatic carbocycles. The third-order valence-electron chi connectivity index (χ3n) is 5.84. The number of nitrogens with one attached hydrogen (secondary N) is 2. The Morgan fingerprint density at radius 1 is 1.24 bits per heavy atom. The molecule has 1 unspecified atom stereocenters. The topological polar surface area (TPSA) is 66.7 Å². The van der Waals surface area contributed by atoms with Crippen molar-refractivity contribution >= 4 is 5.96 Å². The number of ether oxygens (including phenoxy) is 1. The van der Waals surface area contributed by atoms with Gasteiger partial charge in [-0.2, -0.15) is 5.10 Å². The normalized spacial score (nSPS) is 16.1. The number of likely N-dealkylation sites (tertiary alicyclic amines) is 1. The van der Waals surface area contributed by atoms with Gasteiger partial charge < -0.3 is 15.4 Å². The lowest BCUT2D eigenvalue weighted by molar-refractivity contribution is 0.245. The predicted molar refractivity (Wildman–Crippen MR) is 117 cm³/mol. The Morgan fingerprint density at radius 3 is 2.62 bits per heavy atom. The number of aliphatic imine (C=N–C) groups is 1. The van der Waals surface area contributed by atoms with Crippen LogP contribution in [0.25, 0.3) is 0 Å². The zero-order valence-electron chi connectivity index (χ0n) is 18.3. The maximum absolute atomic E-state index is 5.44. The van der Waals surface area contributed by atoms with Crippen molar-refractivity contribution in [1.82, 2.24) is 25.3 Å². The van der Waals surface area contributed by atoms with Gasteiger partial charge >= 0.3 is 0 Å². The Labute approximate surface area is 174 Å². The van der Waals surface area contributed by atoms with E-state index in [1.165, 1.54) is 29.7 Å². The van der Waals surface area contributed by atoms with E-state index in [1.807, 2.05) is 31.8 Å². The highest BCUT2D eigenvalue weighted by Crippen LogP contribution is 2.27. The molecule has 1 aliphatic rings. The first kappa shape index (κ1) is 21.2. The summed E-state index contributed by atoms with van der Waals surface area (Å²) >= 11 is 0. The second kappa shape index (κ2) is 9.78. The Balaban J connectivity index is 1.67. The largest absolute Gasteiger partial charge is 0.497 e. The van der Waals surface area contributed by atoms with Gasteiger partial charge in [0.15, 0.2) is 5.96 Å². The second-order valence-electron chi connectivity index (χ2n) is 7.62. The molecule has 1 aromatic heterocycles. The van der Waals surface area contributed by atoms with Crippen molar-refractivity contribution in [2.75, 3.05) is 33.8 Å². The number of rotatable bonds is 7. The molecule has 158 valence electrons. The van der Waals surface area contributed by atoms with Crippen molar-refractivity contribution in [3.63, 3.8) is 0 Å². The Morgan fingerprint density at radius 2 is 2.00 bits per heavy atom. The maximum Gasteiger partial charge on any atom is 0.191 e. The summed E-state index contributed by atoms with van der Waals surface area (Å²) < 4.78 is 7.37. The fourth-order valence-electron chi connectivity index (χ4n) is 4.02. The number of aryl methyl sites for hydroxylation is 2. The van der Waals surface area contributed by atoms with Crippen LogP contribution in [-0.4, -0.2) is 54.4 Å². The average molecular weight is 399 g/mol. The van der Waals surface area contributed by atoms with Gasteiger partial charge in [-0.3, -0.25) is 14.6 Å². The Hall–Kier alpha value is -2.54. The SMILES string of the molecule is CN=C(NCc1c(C)nn(C)c1C)NCC(c1cccc(OC)c1)N1CCCC1. The molecule has 1 fully saturated rings. The molecule has 2 heterocycles. The summed E-state index contributed by atoms with van der Waals surface area (Å²) in [5, 5.41) is 11.5. The molecule has 0 bridgehead atoms. The quantitative estimate of drug-likeness (QED) is 0.554. The van der Waals surface area contributed by atoms with Crippen LogP contribution in [0.3, 0.4) is 0 Å². The zero-order valence-corrected chi connectivity index (χ0v) is 18.3. The lowest BCUT2D eigenvalue weighted by Crippen LogP contribution is -2.42. The standard InChI is InChI=1S/C22H34N6O/c1-16-20(17(2)27(4)26-16)14-24-22(23-3)25-15-21(28-11-6-7-12-28)18-9-8-10-19(13-18)29-5/h8-10,13,21H,6-7,11-12,14-15H2,1-5H3,(H2,23,24,25). The summed E-state index contributed by atoms with van der Waals surface area (Å²) in [6.45, 7) is 7.90. The predicted octanol–water partition coefficient (Wildman–Crippen LogP) is 2.55. The van der Waals surface area contributed by atoms with E-state index in [0.29, 0.717) is 6.54 Å². The molecule has 0 radical (unpaired) electrons. The minimum Gasteiger partial charge on any atom is -0.497 e. The van der Waals surface area contributed by atoms with Gasteiger partial charge in [0.25, 0.3) is 0 Å². The molecule has 2 aromatic rings. The fourth-order valence-corrected chi connectivity index (χ4v) is 4.02. The fraction of sp³-hybridized carbons (Fsp3) is 0.545. The number of nitrogens with zero attached hydrogens (tertiary/aromatic N) is 4. The number of benzene rings is 1. The zero-order chi connectivity index (χ0) is 20.8. The van der Waals surface area contributed by atoms with Crippen LogP contribution >= 0.6 is 0 Å². The molecule has 0 aliphatic carbocycles. The molecule has 0 spiro atoms. The Bertz CT molecular complexity index is 838. The van der Waals surface area contributed by atoms with Crippen LogP contribution < -0.4 is 15.4 Å². The van der Waals surface area contributed by atoms with Gasteiger partial charge in [-0.05, 0) is 57.5 Å². The van der Waals surface area contributed by atoms with Crippen LogP contribution in [0.5, 0.6) is 5.75 Å². The third-order valence-corrected chi connectivity index (χ3v) is 5.84. The summed E-state index contributed by atoms with van der Waals surface area (Å²) in [7, 11) is 5.51. The number of hydrogen-bond donors (Lipinski definition) is 2.